The van der Waals surface area contributed by atoms with E-state index in [0.717, 1.165) is 18.4 Å². The Morgan fingerprint density at radius 3 is 2.84 bits per heavy atom. The average molecular weight is 359 g/mol. The summed E-state index contributed by atoms with van der Waals surface area (Å²) < 4.78 is 0. The second-order valence-corrected chi connectivity index (χ2v) is 6.55. The Hall–Kier alpha value is -2.47. The Bertz CT molecular complexity index is 779. The first-order chi connectivity index (χ1) is 12.0. The number of anilines is 1. The molecule has 0 radical (unpaired) electrons. The van der Waals surface area contributed by atoms with E-state index in [-0.39, 0.29) is 22.9 Å². The number of aromatic nitrogens is 2. The lowest BCUT2D eigenvalue weighted by Gasteiger charge is -2.32. The van der Waals surface area contributed by atoms with Crippen molar-refractivity contribution in [2.24, 2.45) is 5.92 Å². The molecular formula is C18H19ClN4O2. The van der Waals surface area contributed by atoms with Crippen LogP contribution >= 0.6 is 11.6 Å². The number of likely N-dealkylation sites (tertiary alicyclic amines) is 1. The van der Waals surface area contributed by atoms with Crippen LogP contribution in [0, 0.1) is 12.8 Å². The maximum absolute atomic E-state index is 12.6. The molecule has 2 aromatic heterocycles. The molecule has 2 aromatic rings. The second kappa shape index (κ2) is 7.61. The molecule has 0 spiro atoms. The van der Waals surface area contributed by atoms with E-state index >= 15 is 0 Å². The molecule has 130 valence electrons. The SMILES string of the molecule is Cc1ccc(NC(=O)C2CCCN(C(=O)c3ccnc(Cl)c3)C2)nc1. The topological polar surface area (TPSA) is 75.2 Å². The van der Waals surface area contributed by atoms with E-state index < -0.39 is 0 Å². The summed E-state index contributed by atoms with van der Waals surface area (Å²) in [4.78, 5) is 34.9. The minimum absolute atomic E-state index is 0.110. The summed E-state index contributed by atoms with van der Waals surface area (Å²) in [7, 11) is 0. The summed E-state index contributed by atoms with van der Waals surface area (Å²) in [5.41, 5.74) is 1.52. The molecule has 1 aliphatic heterocycles. The molecule has 0 saturated carbocycles. The van der Waals surface area contributed by atoms with Crippen LogP contribution in [-0.2, 0) is 4.79 Å². The van der Waals surface area contributed by atoms with Crippen LogP contribution in [0.5, 0.6) is 0 Å². The number of carbonyl (C=O) groups is 2. The quantitative estimate of drug-likeness (QED) is 0.856. The van der Waals surface area contributed by atoms with Crippen LogP contribution < -0.4 is 5.32 Å². The van der Waals surface area contributed by atoms with Crippen LogP contribution in [-0.4, -0.2) is 39.8 Å². The number of hydrogen-bond acceptors (Lipinski definition) is 4. The molecule has 0 aromatic carbocycles. The van der Waals surface area contributed by atoms with Crippen molar-refractivity contribution < 1.29 is 9.59 Å². The summed E-state index contributed by atoms with van der Waals surface area (Å²) in [6, 6.07) is 6.85. The highest BCUT2D eigenvalue weighted by molar-refractivity contribution is 6.29. The maximum atomic E-state index is 12.6. The molecule has 1 N–H and O–H groups in total. The highest BCUT2D eigenvalue weighted by Crippen LogP contribution is 2.21. The Morgan fingerprint density at radius 2 is 2.12 bits per heavy atom. The van der Waals surface area contributed by atoms with E-state index in [1.165, 1.54) is 6.20 Å². The molecular weight excluding hydrogens is 340 g/mol. The number of piperidine rings is 1. The first kappa shape index (κ1) is 17.4. The Labute approximate surface area is 151 Å². The zero-order chi connectivity index (χ0) is 17.8. The number of nitrogens with one attached hydrogen (secondary N) is 1. The summed E-state index contributed by atoms with van der Waals surface area (Å²) in [5, 5.41) is 3.11. The van der Waals surface area contributed by atoms with Gasteiger partial charge in [-0.05, 0) is 43.5 Å². The van der Waals surface area contributed by atoms with Crippen molar-refractivity contribution in [3.8, 4) is 0 Å². The number of nitrogens with zero attached hydrogens (tertiary/aromatic N) is 3. The van der Waals surface area contributed by atoms with Crippen molar-refractivity contribution in [2.75, 3.05) is 18.4 Å². The third-order valence-corrected chi connectivity index (χ3v) is 4.42. The van der Waals surface area contributed by atoms with Gasteiger partial charge in [-0.3, -0.25) is 9.59 Å². The molecule has 1 fully saturated rings. The van der Waals surface area contributed by atoms with Gasteiger partial charge in [-0.15, -0.1) is 0 Å². The van der Waals surface area contributed by atoms with Crippen molar-refractivity contribution in [1.29, 1.82) is 0 Å². The predicted octanol–water partition coefficient (Wildman–Crippen LogP) is 2.93. The van der Waals surface area contributed by atoms with E-state index in [1.54, 1.807) is 29.3 Å². The highest BCUT2D eigenvalue weighted by Gasteiger charge is 2.29. The fraction of sp³-hybridized carbons (Fsp3) is 0.333. The van der Waals surface area contributed by atoms with Gasteiger partial charge in [0.2, 0.25) is 5.91 Å². The monoisotopic (exact) mass is 358 g/mol. The van der Waals surface area contributed by atoms with E-state index in [4.69, 9.17) is 11.6 Å². The zero-order valence-corrected chi connectivity index (χ0v) is 14.7. The molecule has 1 saturated heterocycles. The second-order valence-electron chi connectivity index (χ2n) is 6.17. The third-order valence-electron chi connectivity index (χ3n) is 4.22. The molecule has 6 nitrogen and oxygen atoms in total. The summed E-state index contributed by atoms with van der Waals surface area (Å²) >= 11 is 5.86. The van der Waals surface area contributed by atoms with Gasteiger partial charge in [0.25, 0.3) is 5.91 Å². The fourth-order valence-corrected chi connectivity index (χ4v) is 3.04. The van der Waals surface area contributed by atoms with Gasteiger partial charge in [0.05, 0.1) is 5.92 Å². The Balaban J connectivity index is 1.65. The zero-order valence-electron chi connectivity index (χ0n) is 13.9. The summed E-state index contributed by atoms with van der Waals surface area (Å²) in [6.45, 7) is 2.95. The standard InChI is InChI=1S/C18H19ClN4O2/c1-12-4-5-16(21-10-12)22-17(24)14-3-2-8-23(11-14)18(25)13-6-7-20-15(19)9-13/h4-7,9-10,14H,2-3,8,11H2,1H3,(H,21,22,24). The average Bonchev–Trinajstić information content (AvgIpc) is 2.63. The molecule has 0 bridgehead atoms. The van der Waals surface area contributed by atoms with Crippen LogP contribution in [0.4, 0.5) is 5.82 Å². The fourth-order valence-electron chi connectivity index (χ4n) is 2.86. The van der Waals surface area contributed by atoms with Gasteiger partial charge in [0.1, 0.15) is 11.0 Å². The van der Waals surface area contributed by atoms with Crippen molar-refractivity contribution in [3.63, 3.8) is 0 Å². The summed E-state index contributed by atoms with van der Waals surface area (Å²) in [5.74, 6) is 0.0370. The third kappa shape index (κ3) is 4.33. The van der Waals surface area contributed by atoms with Gasteiger partial charge in [0.15, 0.2) is 0 Å². The molecule has 1 atom stereocenters. The molecule has 0 aliphatic carbocycles. The predicted molar refractivity (Wildman–Crippen MR) is 95.5 cm³/mol. The first-order valence-corrected chi connectivity index (χ1v) is 8.55. The lowest BCUT2D eigenvalue weighted by molar-refractivity contribution is -0.121. The summed E-state index contributed by atoms with van der Waals surface area (Å²) in [6.07, 6.45) is 4.74. The van der Waals surface area contributed by atoms with Gasteiger partial charge in [-0.1, -0.05) is 17.7 Å². The number of halogens is 1. The van der Waals surface area contributed by atoms with Crippen LogP contribution in [0.1, 0.15) is 28.8 Å². The van der Waals surface area contributed by atoms with Crippen LogP contribution in [0.3, 0.4) is 0 Å². The van der Waals surface area contributed by atoms with Gasteiger partial charge in [-0.2, -0.15) is 0 Å². The number of rotatable bonds is 3. The smallest absolute Gasteiger partial charge is 0.254 e. The molecule has 3 heterocycles. The van der Waals surface area contributed by atoms with E-state index in [9.17, 15) is 9.59 Å². The van der Waals surface area contributed by atoms with Crippen LogP contribution in [0.15, 0.2) is 36.7 Å². The van der Waals surface area contributed by atoms with Gasteiger partial charge >= 0.3 is 0 Å². The lowest BCUT2D eigenvalue weighted by Crippen LogP contribution is -2.43. The van der Waals surface area contributed by atoms with Crippen LogP contribution in [0.25, 0.3) is 0 Å². The number of hydrogen-bond donors (Lipinski definition) is 1. The van der Waals surface area contributed by atoms with Crippen molar-refractivity contribution in [1.82, 2.24) is 14.9 Å². The number of carbonyl (C=O) groups excluding carboxylic acids is 2. The van der Waals surface area contributed by atoms with E-state index in [1.807, 2.05) is 13.0 Å². The minimum atomic E-state index is -0.252. The number of aryl methyl sites for hydroxylation is 1. The minimum Gasteiger partial charge on any atom is -0.338 e. The Kier molecular flexibility index (Phi) is 5.28. The van der Waals surface area contributed by atoms with Crippen molar-refractivity contribution >= 4 is 29.2 Å². The lowest BCUT2D eigenvalue weighted by atomic mass is 9.96. The first-order valence-electron chi connectivity index (χ1n) is 8.17. The molecule has 1 aliphatic rings. The van der Waals surface area contributed by atoms with Gasteiger partial charge in [0, 0.05) is 31.0 Å². The van der Waals surface area contributed by atoms with E-state index in [2.05, 4.69) is 15.3 Å². The van der Waals surface area contributed by atoms with Crippen LogP contribution in [0.2, 0.25) is 5.15 Å². The molecule has 3 rings (SSSR count). The largest absolute Gasteiger partial charge is 0.338 e. The molecule has 1 unspecified atom stereocenters. The van der Waals surface area contributed by atoms with Crippen molar-refractivity contribution in [3.05, 3.63) is 52.9 Å². The molecule has 2 amide bonds. The van der Waals surface area contributed by atoms with E-state index in [0.29, 0.717) is 24.5 Å². The van der Waals surface area contributed by atoms with Gasteiger partial charge < -0.3 is 10.2 Å². The number of amides is 2. The molecule has 7 heteroatoms. The number of pyridine rings is 2. The normalized spacial score (nSPS) is 17.2. The molecule has 25 heavy (non-hydrogen) atoms. The highest BCUT2D eigenvalue weighted by atomic mass is 35.5. The maximum Gasteiger partial charge on any atom is 0.254 e. The Morgan fingerprint density at radius 1 is 1.28 bits per heavy atom. The van der Waals surface area contributed by atoms with Crippen molar-refractivity contribution in [2.45, 2.75) is 19.8 Å². The van der Waals surface area contributed by atoms with Gasteiger partial charge in [-0.25, -0.2) is 9.97 Å².